The average Bonchev–Trinajstić information content (AvgIpc) is 3.24. The molecule has 0 aliphatic carbocycles. The van der Waals surface area contributed by atoms with E-state index in [9.17, 15) is 14.0 Å². The lowest BCUT2D eigenvalue weighted by molar-refractivity contribution is -0.139. The largest absolute Gasteiger partial charge is 0.493 e. The van der Waals surface area contributed by atoms with Crippen LogP contribution >= 0.6 is 0 Å². The number of aromatic nitrogens is 1. The summed E-state index contributed by atoms with van der Waals surface area (Å²) in [5, 5.41) is 4.03. The smallest absolute Gasteiger partial charge is 0.259 e. The van der Waals surface area contributed by atoms with Crippen molar-refractivity contribution in [1.29, 1.82) is 0 Å². The number of benzene rings is 1. The minimum Gasteiger partial charge on any atom is -0.493 e. The van der Waals surface area contributed by atoms with Gasteiger partial charge < -0.3 is 23.8 Å². The Bertz CT molecular complexity index is 1000. The van der Waals surface area contributed by atoms with Gasteiger partial charge in [-0.2, -0.15) is 0 Å². The van der Waals surface area contributed by atoms with Crippen molar-refractivity contribution in [3.63, 3.8) is 0 Å². The zero-order valence-electron chi connectivity index (χ0n) is 19.8. The van der Waals surface area contributed by atoms with Crippen LogP contribution in [-0.2, 0) is 16.0 Å². The third-order valence-corrected chi connectivity index (χ3v) is 6.68. The van der Waals surface area contributed by atoms with Crippen LogP contribution in [0.3, 0.4) is 0 Å². The Hall–Kier alpha value is -2.94. The molecule has 34 heavy (non-hydrogen) atoms. The molecule has 0 unspecified atom stereocenters. The molecule has 2 aliphatic rings. The van der Waals surface area contributed by atoms with E-state index >= 15 is 0 Å². The highest BCUT2D eigenvalue weighted by Gasteiger charge is 2.42. The van der Waals surface area contributed by atoms with Gasteiger partial charge in [-0.1, -0.05) is 12.1 Å². The Labute approximate surface area is 199 Å². The van der Waals surface area contributed by atoms with Crippen molar-refractivity contribution >= 4 is 11.8 Å². The van der Waals surface area contributed by atoms with Gasteiger partial charge in [-0.05, 0) is 50.5 Å². The van der Waals surface area contributed by atoms with E-state index in [1.807, 2.05) is 11.8 Å². The molecule has 2 aliphatic heterocycles. The molecule has 2 saturated heterocycles. The average molecular weight is 474 g/mol. The van der Waals surface area contributed by atoms with Gasteiger partial charge in [-0.3, -0.25) is 9.59 Å². The Balaban J connectivity index is 1.55. The number of morpholine rings is 1. The van der Waals surface area contributed by atoms with Crippen molar-refractivity contribution in [2.75, 3.05) is 46.0 Å². The van der Waals surface area contributed by atoms with Crippen molar-refractivity contribution in [3.8, 4) is 5.75 Å². The summed E-state index contributed by atoms with van der Waals surface area (Å²) in [5.74, 6) is 0.613. The first-order valence-electron chi connectivity index (χ1n) is 11.9. The monoisotopic (exact) mass is 473 g/mol. The minimum absolute atomic E-state index is 0.0377. The van der Waals surface area contributed by atoms with Crippen LogP contribution in [-0.4, -0.2) is 72.8 Å². The Kier molecular flexibility index (Phi) is 7.50. The van der Waals surface area contributed by atoms with Gasteiger partial charge in [0.15, 0.2) is 0 Å². The number of amides is 2. The van der Waals surface area contributed by atoms with Crippen LogP contribution in [0, 0.1) is 18.2 Å². The molecule has 184 valence electrons. The molecule has 1 aromatic carbocycles. The number of carbonyl (C=O) groups is 2. The number of likely N-dealkylation sites (tertiary alicyclic amines) is 1. The van der Waals surface area contributed by atoms with Crippen LogP contribution in [0.4, 0.5) is 4.39 Å². The van der Waals surface area contributed by atoms with Gasteiger partial charge in [-0.15, -0.1) is 0 Å². The first-order valence-corrected chi connectivity index (χ1v) is 11.9. The lowest BCUT2D eigenvalue weighted by Crippen LogP contribution is -2.52. The van der Waals surface area contributed by atoms with E-state index in [0.29, 0.717) is 68.6 Å². The molecular formula is C25H32FN3O5. The summed E-state index contributed by atoms with van der Waals surface area (Å²) < 4.78 is 30.0. The lowest BCUT2D eigenvalue weighted by atomic mass is 9.77. The third-order valence-electron chi connectivity index (χ3n) is 6.68. The van der Waals surface area contributed by atoms with Crippen molar-refractivity contribution in [3.05, 3.63) is 47.1 Å². The van der Waals surface area contributed by atoms with E-state index < -0.39 is 5.41 Å². The topological polar surface area (TPSA) is 85.1 Å². The molecule has 0 saturated carbocycles. The van der Waals surface area contributed by atoms with Crippen LogP contribution in [0.2, 0.25) is 0 Å². The summed E-state index contributed by atoms with van der Waals surface area (Å²) >= 11 is 0. The van der Waals surface area contributed by atoms with Gasteiger partial charge in [0.2, 0.25) is 5.91 Å². The molecule has 4 rings (SSSR count). The van der Waals surface area contributed by atoms with Crippen LogP contribution in [0.25, 0.3) is 0 Å². The number of hydrogen-bond acceptors (Lipinski definition) is 6. The van der Waals surface area contributed by atoms with Crippen molar-refractivity contribution in [2.24, 2.45) is 5.41 Å². The zero-order valence-corrected chi connectivity index (χ0v) is 19.8. The molecule has 0 radical (unpaired) electrons. The maximum Gasteiger partial charge on any atom is 0.259 e. The first-order chi connectivity index (χ1) is 16.4. The maximum absolute atomic E-state index is 13.5. The number of nitrogens with zero attached hydrogens (tertiary/aromatic N) is 3. The third kappa shape index (κ3) is 5.41. The molecule has 2 aromatic rings. The number of aryl methyl sites for hydroxylation is 2. The summed E-state index contributed by atoms with van der Waals surface area (Å²) in [6, 6.07) is 5.84. The first kappa shape index (κ1) is 24.2. The Morgan fingerprint density at radius 1 is 1.15 bits per heavy atom. The SMILES string of the molecule is CCc1noc(C)c1C(=O)N1CCC[C@](COc2ccc(F)cc2)(CC(=O)N2CCOCC2)C1. The fraction of sp³-hybridized carbons (Fsp3) is 0.560. The van der Waals surface area contributed by atoms with Gasteiger partial charge >= 0.3 is 0 Å². The molecular weight excluding hydrogens is 441 g/mol. The molecule has 2 amide bonds. The molecule has 3 heterocycles. The van der Waals surface area contributed by atoms with Gasteiger partial charge in [0.25, 0.3) is 5.91 Å². The minimum atomic E-state index is -0.560. The predicted molar refractivity (Wildman–Crippen MR) is 122 cm³/mol. The van der Waals surface area contributed by atoms with E-state index in [1.165, 1.54) is 12.1 Å². The second kappa shape index (κ2) is 10.5. The summed E-state index contributed by atoms with van der Waals surface area (Å²) in [4.78, 5) is 30.3. The highest BCUT2D eigenvalue weighted by atomic mass is 19.1. The quantitative estimate of drug-likeness (QED) is 0.614. The molecule has 2 fully saturated rings. The van der Waals surface area contributed by atoms with Crippen LogP contribution in [0.1, 0.15) is 48.0 Å². The van der Waals surface area contributed by atoms with E-state index in [1.54, 1.807) is 24.0 Å². The molecule has 1 atom stereocenters. The molecule has 0 bridgehead atoms. The summed E-state index contributed by atoms with van der Waals surface area (Å²) in [5.41, 5.74) is 0.595. The van der Waals surface area contributed by atoms with E-state index in [4.69, 9.17) is 14.0 Å². The summed E-state index contributed by atoms with van der Waals surface area (Å²) in [7, 11) is 0. The van der Waals surface area contributed by atoms with Gasteiger partial charge in [-0.25, -0.2) is 4.39 Å². The zero-order chi connectivity index (χ0) is 24.1. The standard InChI is InChI=1S/C25H32FN3O5/c1-3-21-23(18(2)34-27-21)24(31)29-10-4-9-25(16-29,15-22(30)28-11-13-32-14-12-28)17-33-20-7-5-19(26)6-8-20/h5-8H,3-4,9-17H2,1-2H3/t25-/m0/s1. The van der Waals surface area contributed by atoms with Crippen LogP contribution < -0.4 is 4.74 Å². The number of rotatable bonds is 7. The highest BCUT2D eigenvalue weighted by Crippen LogP contribution is 2.36. The molecule has 0 N–H and O–H groups in total. The van der Waals surface area contributed by atoms with Crippen molar-refractivity contribution in [2.45, 2.75) is 39.5 Å². The number of halogens is 1. The maximum atomic E-state index is 13.5. The highest BCUT2D eigenvalue weighted by molar-refractivity contribution is 5.96. The van der Waals surface area contributed by atoms with Crippen molar-refractivity contribution < 1.29 is 28.0 Å². The Morgan fingerprint density at radius 3 is 2.59 bits per heavy atom. The van der Waals surface area contributed by atoms with E-state index in [2.05, 4.69) is 5.16 Å². The van der Waals surface area contributed by atoms with E-state index in [0.717, 1.165) is 12.8 Å². The molecule has 0 spiro atoms. The molecule has 1 aromatic heterocycles. The molecule has 8 nitrogen and oxygen atoms in total. The number of piperidine rings is 1. The number of ether oxygens (including phenoxy) is 2. The second-order valence-electron chi connectivity index (χ2n) is 9.16. The number of carbonyl (C=O) groups excluding carboxylic acids is 2. The van der Waals surface area contributed by atoms with Crippen molar-refractivity contribution in [1.82, 2.24) is 15.0 Å². The fourth-order valence-corrected chi connectivity index (χ4v) is 4.80. The number of hydrogen-bond donors (Lipinski definition) is 0. The van der Waals surface area contributed by atoms with Gasteiger partial charge in [0, 0.05) is 38.0 Å². The van der Waals surface area contributed by atoms with Crippen LogP contribution in [0.15, 0.2) is 28.8 Å². The fourth-order valence-electron chi connectivity index (χ4n) is 4.80. The lowest BCUT2D eigenvalue weighted by Gasteiger charge is -2.43. The summed E-state index contributed by atoms with van der Waals surface area (Å²) in [6.07, 6.45) is 2.36. The predicted octanol–water partition coefficient (Wildman–Crippen LogP) is 3.23. The van der Waals surface area contributed by atoms with Gasteiger partial charge in [0.1, 0.15) is 22.9 Å². The second-order valence-corrected chi connectivity index (χ2v) is 9.16. The summed E-state index contributed by atoms with van der Waals surface area (Å²) in [6.45, 7) is 7.10. The Morgan fingerprint density at radius 2 is 1.88 bits per heavy atom. The van der Waals surface area contributed by atoms with Gasteiger partial charge in [0.05, 0.1) is 25.5 Å². The van der Waals surface area contributed by atoms with E-state index in [-0.39, 0.29) is 30.7 Å². The molecule has 9 heteroatoms. The van der Waals surface area contributed by atoms with Crippen LogP contribution in [0.5, 0.6) is 5.75 Å². The normalized spacial score (nSPS) is 20.9.